The molecule has 0 bridgehead atoms. The fraction of sp³-hybridized carbons (Fsp3) is 0.500. The minimum absolute atomic E-state index is 0.117. The number of nitrogens with zero attached hydrogens (tertiary/aromatic N) is 4. The molecule has 1 aliphatic heterocycles. The summed E-state index contributed by atoms with van der Waals surface area (Å²) in [5.74, 6) is -0.317. The lowest BCUT2D eigenvalue weighted by atomic mass is 10.2. The van der Waals surface area contributed by atoms with Gasteiger partial charge in [0.25, 0.3) is 5.91 Å². The van der Waals surface area contributed by atoms with Crippen molar-refractivity contribution >= 4 is 34.0 Å². The quantitative estimate of drug-likeness (QED) is 0.676. The molecule has 1 aromatic carbocycles. The molecular weight excluding hydrogens is 417 g/mol. The first-order chi connectivity index (χ1) is 15.0. The maximum atomic E-state index is 13.1. The molecule has 1 N–H and O–H groups in total. The Morgan fingerprint density at radius 1 is 1.19 bits per heavy atom. The maximum absolute atomic E-state index is 13.1. The first-order valence-corrected chi connectivity index (χ1v) is 11.7. The minimum atomic E-state index is -0.303. The van der Waals surface area contributed by atoms with Crippen molar-refractivity contribution in [1.29, 1.82) is 0 Å². The van der Waals surface area contributed by atoms with E-state index in [4.69, 9.17) is 0 Å². The van der Waals surface area contributed by atoms with Gasteiger partial charge >= 0.3 is 0 Å². The highest BCUT2D eigenvalue weighted by atomic mass is 32.1. The van der Waals surface area contributed by atoms with E-state index in [1.165, 1.54) is 23.5 Å². The molecule has 31 heavy (non-hydrogen) atoms. The standard InChI is InChI=1S/C22H28FN5O2S/c1-2-26-11-13-27(14-12-26)20(29)9-10-28(18-7-8-18)21(30)19-15-31-22(25-19)24-17-5-3-16(23)4-6-17/h3-6,15,18H,2,7-14H2,1H3,(H,24,25). The summed E-state index contributed by atoms with van der Waals surface area (Å²) in [4.78, 5) is 36.2. The Labute approximate surface area is 185 Å². The number of hydrogen-bond donors (Lipinski definition) is 1. The minimum Gasteiger partial charge on any atom is -0.340 e. The number of carbonyl (C=O) groups is 2. The van der Waals surface area contributed by atoms with E-state index in [2.05, 4.69) is 22.1 Å². The van der Waals surface area contributed by atoms with E-state index in [1.807, 2.05) is 4.90 Å². The summed E-state index contributed by atoms with van der Waals surface area (Å²) in [6, 6.07) is 6.19. The smallest absolute Gasteiger partial charge is 0.273 e. The highest BCUT2D eigenvalue weighted by Gasteiger charge is 2.34. The van der Waals surface area contributed by atoms with Gasteiger partial charge in [-0.1, -0.05) is 6.92 Å². The molecule has 0 atom stereocenters. The zero-order valence-corrected chi connectivity index (χ0v) is 18.5. The van der Waals surface area contributed by atoms with Crippen LogP contribution in [-0.2, 0) is 4.79 Å². The molecule has 166 valence electrons. The number of anilines is 2. The average Bonchev–Trinajstić information content (AvgIpc) is 3.52. The Morgan fingerprint density at radius 2 is 1.90 bits per heavy atom. The summed E-state index contributed by atoms with van der Waals surface area (Å²) in [5.41, 5.74) is 1.09. The predicted molar refractivity (Wildman–Crippen MR) is 119 cm³/mol. The summed E-state index contributed by atoms with van der Waals surface area (Å²) in [5, 5.41) is 5.41. The number of benzene rings is 1. The molecule has 2 fully saturated rings. The van der Waals surface area contributed by atoms with Gasteiger partial charge in [-0.15, -0.1) is 11.3 Å². The van der Waals surface area contributed by atoms with Crippen LogP contribution in [0, 0.1) is 5.82 Å². The van der Waals surface area contributed by atoms with Gasteiger partial charge in [0.05, 0.1) is 0 Å². The zero-order valence-electron chi connectivity index (χ0n) is 17.7. The number of nitrogens with one attached hydrogen (secondary N) is 1. The van der Waals surface area contributed by atoms with Gasteiger partial charge in [0.1, 0.15) is 11.5 Å². The summed E-state index contributed by atoms with van der Waals surface area (Å²) in [6.07, 6.45) is 2.29. The van der Waals surface area contributed by atoms with Crippen molar-refractivity contribution in [2.75, 3.05) is 44.6 Å². The average molecular weight is 446 g/mol. The van der Waals surface area contributed by atoms with Gasteiger partial charge in [-0.2, -0.15) is 0 Å². The molecule has 2 heterocycles. The molecular formula is C22H28FN5O2S. The number of aromatic nitrogens is 1. The number of rotatable bonds is 8. The molecule has 7 nitrogen and oxygen atoms in total. The molecule has 0 radical (unpaired) electrons. The van der Waals surface area contributed by atoms with Crippen LogP contribution in [0.4, 0.5) is 15.2 Å². The first-order valence-electron chi connectivity index (χ1n) is 10.8. The van der Waals surface area contributed by atoms with Gasteiger partial charge in [-0.25, -0.2) is 9.37 Å². The number of likely N-dealkylation sites (N-methyl/N-ethyl adjacent to an activating group) is 1. The number of carbonyl (C=O) groups excluding carboxylic acids is 2. The highest BCUT2D eigenvalue weighted by molar-refractivity contribution is 7.14. The third kappa shape index (κ3) is 5.59. The Bertz CT molecular complexity index is 907. The van der Waals surface area contributed by atoms with E-state index in [9.17, 15) is 14.0 Å². The van der Waals surface area contributed by atoms with Crippen molar-refractivity contribution < 1.29 is 14.0 Å². The van der Waals surface area contributed by atoms with Crippen LogP contribution >= 0.6 is 11.3 Å². The van der Waals surface area contributed by atoms with Crippen molar-refractivity contribution in [3.05, 3.63) is 41.2 Å². The fourth-order valence-electron chi connectivity index (χ4n) is 3.76. The van der Waals surface area contributed by atoms with Crippen LogP contribution in [0.3, 0.4) is 0 Å². The van der Waals surface area contributed by atoms with E-state index in [1.54, 1.807) is 22.4 Å². The highest BCUT2D eigenvalue weighted by Crippen LogP contribution is 2.30. The van der Waals surface area contributed by atoms with Gasteiger partial charge < -0.3 is 20.0 Å². The molecule has 1 saturated heterocycles. The fourth-order valence-corrected chi connectivity index (χ4v) is 4.46. The summed E-state index contributed by atoms with van der Waals surface area (Å²) < 4.78 is 13.1. The third-order valence-electron chi connectivity index (χ3n) is 5.81. The summed E-state index contributed by atoms with van der Waals surface area (Å²) in [6.45, 7) is 6.91. The first kappa shape index (κ1) is 21.7. The topological polar surface area (TPSA) is 68.8 Å². The molecule has 4 rings (SSSR count). The van der Waals surface area contributed by atoms with Gasteiger partial charge in [-0.05, 0) is 43.7 Å². The van der Waals surface area contributed by atoms with E-state index in [0.717, 1.165) is 45.6 Å². The predicted octanol–water partition coefficient (Wildman–Crippen LogP) is 3.18. The van der Waals surface area contributed by atoms with E-state index in [-0.39, 0.29) is 23.7 Å². The molecule has 9 heteroatoms. The van der Waals surface area contributed by atoms with Crippen molar-refractivity contribution in [3.63, 3.8) is 0 Å². The Kier molecular flexibility index (Phi) is 6.82. The van der Waals surface area contributed by atoms with Crippen LogP contribution in [0.15, 0.2) is 29.6 Å². The maximum Gasteiger partial charge on any atom is 0.273 e. The summed E-state index contributed by atoms with van der Waals surface area (Å²) >= 11 is 1.33. The van der Waals surface area contributed by atoms with Crippen molar-refractivity contribution in [1.82, 2.24) is 19.7 Å². The molecule has 2 amide bonds. The van der Waals surface area contributed by atoms with E-state index >= 15 is 0 Å². The molecule has 1 aromatic heterocycles. The van der Waals surface area contributed by atoms with E-state index in [0.29, 0.717) is 29.5 Å². The molecule has 2 aliphatic rings. The lowest BCUT2D eigenvalue weighted by molar-refractivity contribution is -0.133. The molecule has 0 spiro atoms. The number of piperazine rings is 1. The summed E-state index contributed by atoms with van der Waals surface area (Å²) in [7, 11) is 0. The molecule has 2 aromatic rings. The van der Waals surface area contributed by atoms with Crippen LogP contribution in [0.25, 0.3) is 0 Å². The largest absolute Gasteiger partial charge is 0.340 e. The second kappa shape index (κ2) is 9.74. The van der Waals surface area contributed by atoms with Crippen LogP contribution in [-0.4, -0.2) is 76.8 Å². The lowest BCUT2D eigenvalue weighted by Crippen LogP contribution is -2.49. The second-order valence-corrected chi connectivity index (χ2v) is 8.82. The van der Waals surface area contributed by atoms with Crippen LogP contribution < -0.4 is 5.32 Å². The molecule has 1 aliphatic carbocycles. The third-order valence-corrected chi connectivity index (χ3v) is 6.56. The Balaban J connectivity index is 1.33. The molecule has 1 saturated carbocycles. The van der Waals surface area contributed by atoms with Crippen LogP contribution in [0.2, 0.25) is 0 Å². The van der Waals surface area contributed by atoms with Gasteiger partial charge in [0.15, 0.2) is 5.13 Å². The van der Waals surface area contributed by atoms with Crippen molar-refractivity contribution in [3.8, 4) is 0 Å². The number of thiazole rings is 1. The Hall–Kier alpha value is -2.52. The number of hydrogen-bond acceptors (Lipinski definition) is 6. The molecule has 0 unspecified atom stereocenters. The zero-order chi connectivity index (χ0) is 21.8. The van der Waals surface area contributed by atoms with Gasteiger partial charge in [0, 0.05) is 56.3 Å². The number of halogens is 1. The SMILES string of the molecule is CCN1CCN(C(=O)CCN(C(=O)c2csc(Nc3ccc(F)cc3)n2)C2CC2)CC1. The van der Waals surface area contributed by atoms with Crippen LogP contribution in [0.1, 0.15) is 36.7 Å². The number of amides is 2. The van der Waals surface area contributed by atoms with Crippen molar-refractivity contribution in [2.24, 2.45) is 0 Å². The lowest BCUT2D eigenvalue weighted by Gasteiger charge is -2.34. The van der Waals surface area contributed by atoms with Crippen molar-refractivity contribution in [2.45, 2.75) is 32.2 Å². The van der Waals surface area contributed by atoms with Gasteiger partial charge in [-0.3, -0.25) is 9.59 Å². The van der Waals surface area contributed by atoms with E-state index < -0.39 is 0 Å². The second-order valence-electron chi connectivity index (χ2n) is 7.96. The monoisotopic (exact) mass is 445 g/mol. The van der Waals surface area contributed by atoms with Crippen LogP contribution in [0.5, 0.6) is 0 Å². The Morgan fingerprint density at radius 3 is 2.55 bits per heavy atom. The normalized spacial score (nSPS) is 16.9. The van der Waals surface area contributed by atoms with Gasteiger partial charge in [0.2, 0.25) is 5.91 Å².